The van der Waals surface area contributed by atoms with E-state index >= 15 is 0 Å². The van der Waals surface area contributed by atoms with Crippen LogP contribution >= 0.6 is 0 Å². The monoisotopic (exact) mass is 211 g/mol. The van der Waals surface area contributed by atoms with Crippen LogP contribution in [-0.4, -0.2) is 56.2 Å². The minimum atomic E-state index is 1.05. The molecule has 0 aromatic rings. The predicted molar refractivity (Wildman–Crippen MR) is 63.9 cm³/mol. The zero-order valence-electron chi connectivity index (χ0n) is 10.0. The zero-order chi connectivity index (χ0) is 10.5. The standard InChI is InChI=1S/C12H25N3/c1-14(8-5-12-3-2-4-12)11-15-9-6-13-7-10-15/h12-13H,2-11H2,1H3. The van der Waals surface area contributed by atoms with Crippen molar-refractivity contribution in [1.82, 2.24) is 15.1 Å². The van der Waals surface area contributed by atoms with Crippen LogP contribution in [0.1, 0.15) is 25.7 Å². The molecule has 0 unspecified atom stereocenters. The van der Waals surface area contributed by atoms with Crippen LogP contribution in [0.4, 0.5) is 0 Å². The molecule has 1 aliphatic carbocycles. The molecule has 1 saturated carbocycles. The van der Waals surface area contributed by atoms with Crippen LogP contribution in [-0.2, 0) is 0 Å². The van der Waals surface area contributed by atoms with Crippen molar-refractivity contribution in [2.75, 3.05) is 46.4 Å². The van der Waals surface area contributed by atoms with Gasteiger partial charge in [0.25, 0.3) is 0 Å². The summed E-state index contributed by atoms with van der Waals surface area (Å²) in [6.45, 7) is 7.21. The van der Waals surface area contributed by atoms with Gasteiger partial charge in [-0.3, -0.25) is 9.80 Å². The third-order valence-electron chi connectivity index (χ3n) is 3.79. The lowest BCUT2D eigenvalue weighted by Gasteiger charge is -2.33. The summed E-state index contributed by atoms with van der Waals surface area (Å²) >= 11 is 0. The molecule has 1 saturated heterocycles. The molecular weight excluding hydrogens is 186 g/mol. The molecule has 1 heterocycles. The van der Waals surface area contributed by atoms with Crippen LogP contribution in [0, 0.1) is 5.92 Å². The Morgan fingerprint density at radius 1 is 1.27 bits per heavy atom. The molecule has 0 aromatic heterocycles. The Hall–Kier alpha value is -0.120. The number of piperazine rings is 1. The second-order valence-corrected chi connectivity index (χ2v) is 5.17. The van der Waals surface area contributed by atoms with Gasteiger partial charge in [-0.15, -0.1) is 0 Å². The van der Waals surface area contributed by atoms with Crippen molar-refractivity contribution in [2.45, 2.75) is 25.7 Å². The maximum atomic E-state index is 3.40. The van der Waals surface area contributed by atoms with Crippen molar-refractivity contribution in [2.24, 2.45) is 5.92 Å². The van der Waals surface area contributed by atoms with Gasteiger partial charge in [0.05, 0.1) is 6.67 Å². The van der Waals surface area contributed by atoms with Crippen LogP contribution < -0.4 is 5.32 Å². The van der Waals surface area contributed by atoms with Crippen molar-refractivity contribution in [3.05, 3.63) is 0 Å². The topological polar surface area (TPSA) is 18.5 Å². The predicted octanol–water partition coefficient (Wildman–Crippen LogP) is 0.971. The highest BCUT2D eigenvalue weighted by Crippen LogP contribution is 2.29. The van der Waals surface area contributed by atoms with Crippen LogP contribution in [0.25, 0.3) is 0 Å². The second-order valence-electron chi connectivity index (χ2n) is 5.17. The van der Waals surface area contributed by atoms with Gasteiger partial charge in [-0.25, -0.2) is 0 Å². The van der Waals surface area contributed by atoms with Crippen molar-refractivity contribution in [1.29, 1.82) is 0 Å². The van der Waals surface area contributed by atoms with E-state index in [4.69, 9.17) is 0 Å². The Bertz CT molecular complexity index is 174. The molecule has 1 N–H and O–H groups in total. The number of nitrogens with one attached hydrogen (secondary N) is 1. The van der Waals surface area contributed by atoms with E-state index in [1.165, 1.54) is 45.3 Å². The SMILES string of the molecule is CN(CCC1CCC1)CN1CCNCC1. The van der Waals surface area contributed by atoms with Crippen LogP contribution in [0.3, 0.4) is 0 Å². The molecule has 0 atom stereocenters. The van der Waals surface area contributed by atoms with E-state index in [0.717, 1.165) is 25.7 Å². The lowest BCUT2D eigenvalue weighted by molar-refractivity contribution is 0.128. The first-order valence-corrected chi connectivity index (χ1v) is 6.46. The first-order chi connectivity index (χ1) is 7.34. The highest BCUT2D eigenvalue weighted by atomic mass is 15.3. The smallest absolute Gasteiger partial charge is 0.0504 e. The Morgan fingerprint density at radius 3 is 2.60 bits per heavy atom. The van der Waals surface area contributed by atoms with Crippen molar-refractivity contribution < 1.29 is 0 Å². The fraction of sp³-hybridized carbons (Fsp3) is 1.00. The van der Waals surface area contributed by atoms with E-state index in [-0.39, 0.29) is 0 Å². The second kappa shape index (κ2) is 5.83. The van der Waals surface area contributed by atoms with E-state index in [1.807, 2.05) is 0 Å². The average molecular weight is 211 g/mol. The lowest BCUT2D eigenvalue weighted by Crippen LogP contribution is -2.47. The van der Waals surface area contributed by atoms with E-state index in [2.05, 4.69) is 22.2 Å². The molecule has 0 spiro atoms. The average Bonchev–Trinajstić information content (AvgIpc) is 2.17. The zero-order valence-corrected chi connectivity index (χ0v) is 10.0. The van der Waals surface area contributed by atoms with Gasteiger partial charge in [0.1, 0.15) is 0 Å². The largest absolute Gasteiger partial charge is 0.314 e. The molecule has 0 bridgehead atoms. The summed E-state index contributed by atoms with van der Waals surface area (Å²) in [4.78, 5) is 5.04. The van der Waals surface area contributed by atoms with Gasteiger partial charge in [0.15, 0.2) is 0 Å². The number of hydrogen-bond donors (Lipinski definition) is 1. The lowest BCUT2D eigenvalue weighted by atomic mass is 9.83. The van der Waals surface area contributed by atoms with Gasteiger partial charge < -0.3 is 5.32 Å². The van der Waals surface area contributed by atoms with Gasteiger partial charge in [0, 0.05) is 26.2 Å². The highest BCUT2D eigenvalue weighted by molar-refractivity contribution is 4.72. The fourth-order valence-electron chi connectivity index (χ4n) is 2.45. The van der Waals surface area contributed by atoms with Crippen molar-refractivity contribution >= 4 is 0 Å². The molecule has 0 aromatic carbocycles. The summed E-state index contributed by atoms with van der Waals surface area (Å²) in [5.41, 5.74) is 0. The summed E-state index contributed by atoms with van der Waals surface area (Å²) < 4.78 is 0. The molecule has 88 valence electrons. The van der Waals surface area contributed by atoms with Crippen molar-refractivity contribution in [3.8, 4) is 0 Å². The van der Waals surface area contributed by atoms with Gasteiger partial charge in [-0.1, -0.05) is 19.3 Å². The quantitative estimate of drug-likeness (QED) is 0.731. The first kappa shape index (κ1) is 11.4. The molecule has 1 aliphatic heterocycles. The fourth-order valence-corrected chi connectivity index (χ4v) is 2.45. The van der Waals surface area contributed by atoms with Gasteiger partial charge >= 0.3 is 0 Å². The Morgan fingerprint density at radius 2 is 2.00 bits per heavy atom. The summed E-state index contributed by atoms with van der Waals surface area (Å²) in [7, 11) is 2.26. The number of nitrogens with zero attached hydrogens (tertiary/aromatic N) is 2. The minimum Gasteiger partial charge on any atom is -0.314 e. The Kier molecular flexibility index (Phi) is 4.42. The summed E-state index contributed by atoms with van der Waals surface area (Å²) in [5.74, 6) is 1.05. The Labute approximate surface area is 93.8 Å². The highest BCUT2D eigenvalue weighted by Gasteiger charge is 2.18. The third-order valence-corrected chi connectivity index (χ3v) is 3.79. The van der Waals surface area contributed by atoms with E-state index in [0.29, 0.717) is 0 Å². The van der Waals surface area contributed by atoms with Gasteiger partial charge in [-0.05, 0) is 25.9 Å². The molecule has 2 aliphatic rings. The first-order valence-electron chi connectivity index (χ1n) is 6.46. The summed E-state index contributed by atoms with van der Waals surface area (Å²) in [6, 6.07) is 0. The third kappa shape index (κ3) is 3.74. The summed E-state index contributed by atoms with van der Waals surface area (Å²) in [6.07, 6.45) is 5.87. The Balaban J connectivity index is 1.56. The maximum absolute atomic E-state index is 3.40. The van der Waals surface area contributed by atoms with Gasteiger partial charge in [0.2, 0.25) is 0 Å². The van der Waals surface area contributed by atoms with Crippen LogP contribution in [0.2, 0.25) is 0 Å². The van der Waals surface area contributed by atoms with Crippen molar-refractivity contribution in [3.63, 3.8) is 0 Å². The van der Waals surface area contributed by atoms with Crippen LogP contribution in [0.5, 0.6) is 0 Å². The van der Waals surface area contributed by atoms with E-state index in [1.54, 1.807) is 0 Å². The normalized spacial score (nSPS) is 24.4. The minimum absolute atomic E-state index is 1.05. The number of rotatable bonds is 5. The molecule has 3 heteroatoms. The molecule has 2 rings (SSSR count). The molecule has 2 fully saturated rings. The number of hydrogen-bond acceptors (Lipinski definition) is 3. The molecule has 3 nitrogen and oxygen atoms in total. The van der Waals surface area contributed by atoms with Crippen LogP contribution in [0.15, 0.2) is 0 Å². The molecular formula is C12H25N3. The van der Waals surface area contributed by atoms with E-state index in [9.17, 15) is 0 Å². The molecule has 0 radical (unpaired) electrons. The maximum Gasteiger partial charge on any atom is 0.0504 e. The summed E-state index contributed by atoms with van der Waals surface area (Å²) in [5, 5.41) is 3.40. The van der Waals surface area contributed by atoms with Gasteiger partial charge in [-0.2, -0.15) is 0 Å². The molecule has 0 amide bonds. The van der Waals surface area contributed by atoms with E-state index < -0.39 is 0 Å². The molecule has 15 heavy (non-hydrogen) atoms.